The fourth-order valence-corrected chi connectivity index (χ4v) is 2.35. The van der Waals surface area contributed by atoms with Crippen LogP contribution in [0.3, 0.4) is 0 Å². The molecule has 1 aliphatic heterocycles. The van der Waals surface area contributed by atoms with Crippen LogP contribution in [0.25, 0.3) is 0 Å². The van der Waals surface area contributed by atoms with Crippen molar-refractivity contribution in [3.8, 4) is 5.75 Å². The average Bonchev–Trinajstić information content (AvgIpc) is 2.48. The zero-order chi connectivity index (χ0) is 15.9. The van der Waals surface area contributed by atoms with E-state index in [1.165, 1.54) is 11.3 Å². The zero-order valence-electron chi connectivity index (χ0n) is 13.2. The lowest BCUT2D eigenvalue weighted by Crippen LogP contribution is -2.36. The second-order valence-electron chi connectivity index (χ2n) is 5.68. The maximum atomic E-state index is 12.1. The molecule has 6 heteroatoms. The molecule has 1 heterocycles. The van der Waals surface area contributed by atoms with Crippen molar-refractivity contribution < 1.29 is 14.3 Å². The van der Waals surface area contributed by atoms with Crippen LogP contribution in [0.15, 0.2) is 24.3 Å². The van der Waals surface area contributed by atoms with Gasteiger partial charge in [0.1, 0.15) is 5.75 Å². The largest absolute Gasteiger partial charge is 0.414 e. The molecule has 1 saturated heterocycles. The molecule has 0 radical (unpaired) electrons. The van der Waals surface area contributed by atoms with Gasteiger partial charge in [-0.3, -0.25) is 9.69 Å². The number of piperidine rings is 1. The minimum atomic E-state index is -0.447. The number of likely N-dealkylation sites (tertiary alicyclic amines) is 1. The van der Waals surface area contributed by atoms with Crippen LogP contribution < -0.4 is 10.1 Å². The molecule has 0 aliphatic carbocycles. The predicted octanol–water partition coefficient (Wildman–Crippen LogP) is 2.17. The van der Waals surface area contributed by atoms with Gasteiger partial charge in [-0.05, 0) is 38.1 Å². The molecule has 0 saturated carbocycles. The number of benzene rings is 1. The lowest BCUT2D eigenvalue weighted by molar-refractivity contribution is -0.117. The number of carbonyl (C=O) groups is 2. The first-order valence-electron chi connectivity index (χ1n) is 7.56. The topological polar surface area (TPSA) is 61.9 Å². The Bertz CT molecular complexity index is 525. The van der Waals surface area contributed by atoms with Crippen LogP contribution >= 0.6 is 0 Å². The van der Waals surface area contributed by atoms with Crippen LogP contribution in [0.1, 0.15) is 19.3 Å². The molecule has 1 fully saturated rings. The normalized spacial score (nSPS) is 15.2. The van der Waals surface area contributed by atoms with Gasteiger partial charge in [-0.2, -0.15) is 0 Å². The number of hydrogen-bond donors (Lipinski definition) is 1. The quantitative estimate of drug-likeness (QED) is 0.926. The van der Waals surface area contributed by atoms with E-state index >= 15 is 0 Å². The number of nitrogens with zero attached hydrogens (tertiary/aromatic N) is 2. The monoisotopic (exact) mass is 305 g/mol. The Morgan fingerprint density at radius 3 is 2.64 bits per heavy atom. The SMILES string of the molecule is CN(C)C(=O)Oc1cccc(NC(=O)CN2CCCCC2)c1. The van der Waals surface area contributed by atoms with E-state index in [1.807, 2.05) is 0 Å². The molecule has 2 rings (SSSR count). The van der Waals surface area contributed by atoms with Gasteiger partial charge in [0.25, 0.3) is 0 Å². The second-order valence-corrected chi connectivity index (χ2v) is 5.68. The molecular formula is C16H23N3O3. The number of carbonyl (C=O) groups excluding carboxylic acids is 2. The molecule has 6 nitrogen and oxygen atoms in total. The van der Waals surface area contributed by atoms with E-state index in [9.17, 15) is 9.59 Å². The summed E-state index contributed by atoms with van der Waals surface area (Å²) in [5, 5.41) is 2.85. The van der Waals surface area contributed by atoms with Crippen molar-refractivity contribution in [3.63, 3.8) is 0 Å². The molecule has 1 aromatic carbocycles. The predicted molar refractivity (Wildman–Crippen MR) is 85.1 cm³/mol. The third kappa shape index (κ3) is 5.04. The smallest absolute Gasteiger partial charge is 0.410 e. The van der Waals surface area contributed by atoms with E-state index in [4.69, 9.17) is 4.74 Å². The van der Waals surface area contributed by atoms with Crippen molar-refractivity contribution in [1.29, 1.82) is 0 Å². The molecule has 0 atom stereocenters. The summed E-state index contributed by atoms with van der Waals surface area (Å²) in [4.78, 5) is 27.1. The third-order valence-electron chi connectivity index (χ3n) is 3.50. The van der Waals surface area contributed by atoms with E-state index in [-0.39, 0.29) is 5.91 Å². The van der Waals surface area contributed by atoms with Crippen molar-refractivity contribution in [3.05, 3.63) is 24.3 Å². The number of anilines is 1. The van der Waals surface area contributed by atoms with Crippen LogP contribution in [-0.4, -0.2) is 55.5 Å². The average molecular weight is 305 g/mol. The van der Waals surface area contributed by atoms with E-state index < -0.39 is 6.09 Å². The van der Waals surface area contributed by atoms with Gasteiger partial charge in [0, 0.05) is 25.8 Å². The summed E-state index contributed by atoms with van der Waals surface area (Å²) in [7, 11) is 3.24. The lowest BCUT2D eigenvalue weighted by Gasteiger charge is -2.25. The van der Waals surface area contributed by atoms with Crippen molar-refractivity contribution >= 4 is 17.7 Å². The second kappa shape index (κ2) is 7.79. The van der Waals surface area contributed by atoms with Gasteiger partial charge in [-0.15, -0.1) is 0 Å². The molecule has 120 valence electrons. The number of amides is 2. The highest BCUT2D eigenvalue weighted by Gasteiger charge is 2.14. The van der Waals surface area contributed by atoms with Crippen LogP contribution in [0.5, 0.6) is 5.75 Å². The molecule has 1 aliphatic rings. The number of hydrogen-bond acceptors (Lipinski definition) is 4. The van der Waals surface area contributed by atoms with Crippen LogP contribution in [0.2, 0.25) is 0 Å². The first kappa shape index (κ1) is 16.3. The fraction of sp³-hybridized carbons (Fsp3) is 0.500. The van der Waals surface area contributed by atoms with Crippen LogP contribution in [0.4, 0.5) is 10.5 Å². The maximum Gasteiger partial charge on any atom is 0.414 e. The molecular weight excluding hydrogens is 282 g/mol. The van der Waals surface area contributed by atoms with Gasteiger partial charge < -0.3 is 15.0 Å². The highest BCUT2D eigenvalue weighted by atomic mass is 16.6. The minimum absolute atomic E-state index is 0.0435. The molecule has 0 aromatic heterocycles. The number of ether oxygens (including phenoxy) is 1. The summed E-state index contributed by atoms with van der Waals surface area (Å²) in [6, 6.07) is 6.85. The molecule has 0 unspecified atom stereocenters. The Morgan fingerprint density at radius 1 is 1.23 bits per heavy atom. The molecule has 2 amide bonds. The van der Waals surface area contributed by atoms with Gasteiger partial charge in [0.15, 0.2) is 0 Å². The Morgan fingerprint density at radius 2 is 1.95 bits per heavy atom. The lowest BCUT2D eigenvalue weighted by atomic mass is 10.1. The summed E-state index contributed by atoms with van der Waals surface area (Å²) in [6.45, 7) is 2.36. The van der Waals surface area contributed by atoms with Crippen LogP contribution in [0, 0.1) is 0 Å². The summed E-state index contributed by atoms with van der Waals surface area (Å²) in [6.07, 6.45) is 3.11. The molecule has 22 heavy (non-hydrogen) atoms. The molecule has 0 bridgehead atoms. The van der Waals surface area contributed by atoms with Crippen molar-refractivity contribution in [2.45, 2.75) is 19.3 Å². The van der Waals surface area contributed by atoms with E-state index in [2.05, 4.69) is 10.2 Å². The number of rotatable bonds is 4. The summed E-state index contributed by atoms with van der Waals surface area (Å²) in [5.41, 5.74) is 0.631. The molecule has 0 spiro atoms. The van der Waals surface area contributed by atoms with Crippen molar-refractivity contribution in [2.24, 2.45) is 0 Å². The Balaban J connectivity index is 1.89. The summed E-state index contributed by atoms with van der Waals surface area (Å²) >= 11 is 0. The fourth-order valence-electron chi connectivity index (χ4n) is 2.35. The van der Waals surface area contributed by atoms with Gasteiger partial charge >= 0.3 is 6.09 Å². The standard InChI is InChI=1S/C16H23N3O3/c1-18(2)16(21)22-14-8-6-7-13(11-14)17-15(20)12-19-9-4-3-5-10-19/h6-8,11H,3-5,9-10,12H2,1-2H3,(H,17,20). The van der Waals surface area contributed by atoms with Crippen molar-refractivity contribution in [2.75, 3.05) is 39.0 Å². The van der Waals surface area contributed by atoms with Gasteiger partial charge in [0.2, 0.25) is 5.91 Å². The van der Waals surface area contributed by atoms with E-state index in [0.29, 0.717) is 18.0 Å². The van der Waals surface area contributed by atoms with Crippen molar-refractivity contribution in [1.82, 2.24) is 9.80 Å². The van der Waals surface area contributed by atoms with Gasteiger partial charge in [0.05, 0.1) is 6.54 Å². The van der Waals surface area contributed by atoms with Gasteiger partial charge in [-0.25, -0.2) is 4.79 Å². The first-order valence-corrected chi connectivity index (χ1v) is 7.56. The first-order chi connectivity index (χ1) is 10.5. The van der Waals surface area contributed by atoms with E-state index in [0.717, 1.165) is 25.9 Å². The molecule has 1 N–H and O–H groups in total. The maximum absolute atomic E-state index is 12.1. The zero-order valence-corrected chi connectivity index (χ0v) is 13.2. The molecule has 1 aromatic rings. The Labute approximate surface area is 131 Å². The highest BCUT2D eigenvalue weighted by molar-refractivity contribution is 5.92. The van der Waals surface area contributed by atoms with Crippen LogP contribution in [-0.2, 0) is 4.79 Å². The Kier molecular flexibility index (Phi) is 5.77. The highest BCUT2D eigenvalue weighted by Crippen LogP contribution is 2.18. The summed E-state index contributed by atoms with van der Waals surface area (Å²) < 4.78 is 5.17. The van der Waals surface area contributed by atoms with E-state index in [1.54, 1.807) is 38.4 Å². The number of nitrogens with one attached hydrogen (secondary N) is 1. The Hall–Kier alpha value is -2.08. The third-order valence-corrected chi connectivity index (χ3v) is 3.50. The van der Waals surface area contributed by atoms with Gasteiger partial charge in [-0.1, -0.05) is 12.5 Å². The minimum Gasteiger partial charge on any atom is -0.410 e. The summed E-state index contributed by atoms with van der Waals surface area (Å²) in [5.74, 6) is 0.368.